The Hall–Kier alpha value is -1.65. The van der Waals surface area contributed by atoms with Gasteiger partial charge in [0.05, 0.1) is 5.39 Å². The van der Waals surface area contributed by atoms with Crippen LogP contribution in [0.5, 0.6) is 0 Å². The molecular weight excluding hydrogens is 350 g/mol. The molecule has 5 heteroatoms. The van der Waals surface area contributed by atoms with E-state index in [9.17, 15) is 0 Å². The molecule has 0 radical (unpaired) electrons. The molecule has 0 amide bonds. The van der Waals surface area contributed by atoms with Gasteiger partial charge in [-0.15, -0.1) is 11.3 Å². The Morgan fingerprint density at radius 1 is 1.08 bits per heavy atom. The fraction of sp³-hybridized carbons (Fsp3) is 0.400. The highest BCUT2D eigenvalue weighted by Gasteiger charge is 2.24. The molecule has 0 N–H and O–H groups in total. The Labute approximate surface area is 157 Å². The second-order valence-corrected chi connectivity index (χ2v) is 8.11. The summed E-state index contributed by atoms with van der Waals surface area (Å²) in [5.41, 5.74) is 3.68. The lowest BCUT2D eigenvalue weighted by atomic mass is 9.94. The van der Waals surface area contributed by atoms with Crippen LogP contribution in [-0.2, 0) is 0 Å². The standard InChI is InChI=1S/C20H22ClN3S/c1-13-8-10-14(11-9-13)16-12-25-19-17(16)18(22-20(21)23-19)24(2)15-6-4-3-5-7-15/h8-12,15H,3-7H2,1-2H3. The van der Waals surface area contributed by atoms with Crippen LogP contribution >= 0.6 is 22.9 Å². The lowest BCUT2D eigenvalue weighted by Crippen LogP contribution is -2.34. The van der Waals surface area contributed by atoms with E-state index in [1.54, 1.807) is 11.3 Å². The molecule has 3 nitrogen and oxygen atoms in total. The summed E-state index contributed by atoms with van der Waals surface area (Å²) in [5, 5.41) is 3.65. The number of rotatable bonds is 3. The maximum absolute atomic E-state index is 6.24. The molecule has 0 atom stereocenters. The largest absolute Gasteiger partial charge is 0.356 e. The monoisotopic (exact) mass is 371 g/mol. The third-order valence-electron chi connectivity index (χ3n) is 5.21. The van der Waals surface area contributed by atoms with Crippen molar-refractivity contribution < 1.29 is 0 Å². The van der Waals surface area contributed by atoms with Gasteiger partial charge in [0.2, 0.25) is 5.28 Å². The second-order valence-electron chi connectivity index (χ2n) is 6.91. The zero-order valence-electron chi connectivity index (χ0n) is 14.6. The average molecular weight is 372 g/mol. The minimum absolute atomic E-state index is 0.336. The molecule has 3 aromatic rings. The molecule has 0 unspecified atom stereocenters. The van der Waals surface area contributed by atoms with Crippen LogP contribution in [0.2, 0.25) is 5.28 Å². The predicted molar refractivity (Wildman–Crippen MR) is 108 cm³/mol. The zero-order chi connectivity index (χ0) is 17.4. The van der Waals surface area contributed by atoms with Gasteiger partial charge in [-0.05, 0) is 36.9 Å². The number of thiophene rings is 1. The van der Waals surface area contributed by atoms with Crippen molar-refractivity contribution in [2.24, 2.45) is 0 Å². The number of anilines is 1. The summed E-state index contributed by atoms with van der Waals surface area (Å²) in [7, 11) is 2.16. The fourth-order valence-corrected chi connectivity index (χ4v) is 4.90. The summed E-state index contributed by atoms with van der Waals surface area (Å²) in [6, 6.07) is 9.19. The highest BCUT2D eigenvalue weighted by molar-refractivity contribution is 7.17. The maximum atomic E-state index is 6.24. The Kier molecular flexibility index (Phi) is 4.65. The number of hydrogen-bond acceptors (Lipinski definition) is 4. The van der Waals surface area contributed by atoms with E-state index in [0.717, 1.165) is 16.0 Å². The third kappa shape index (κ3) is 3.25. The van der Waals surface area contributed by atoms with Crippen LogP contribution in [0.15, 0.2) is 29.6 Å². The number of aromatic nitrogens is 2. The van der Waals surface area contributed by atoms with E-state index in [1.807, 2.05) is 0 Å². The minimum Gasteiger partial charge on any atom is -0.356 e. The van der Waals surface area contributed by atoms with Gasteiger partial charge in [0.1, 0.15) is 10.6 Å². The Bertz CT molecular complexity index is 882. The summed E-state index contributed by atoms with van der Waals surface area (Å²) in [6.07, 6.45) is 6.39. The number of halogens is 1. The van der Waals surface area contributed by atoms with Crippen molar-refractivity contribution >= 4 is 39.0 Å². The van der Waals surface area contributed by atoms with Crippen LogP contribution in [0.4, 0.5) is 5.82 Å². The summed E-state index contributed by atoms with van der Waals surface area (Å²) in [6.45, 7) is 2.11. The quantitative estimate of drug-likeness (QED) is 0.521. The molecule has 1 aromatic carbocycles. The van der Waals surface area contributed by atoms with Crippen LogP contribution in [0, 0.1) is 6.92 Å². The van der Waals surface area contributed by atoms with E-state index in [-0.39, 0.29) is 0 Å². The molecule has 1 saturated carbocycles. The molecule has 0 saturated heterocycles. The first kappa shape index (κ1) is 16.8. The minimum atomic E-state index is 0.336. The first-order chi connectivity index (χ1) is 12.1. The van der Waals surface area contributed by atoms with E-state index >= 15 is 0 Å². The molecular formula is C20H22ClN3S. The Balaban J connectivity index is 1.84. The molecule has 1 fully saturated rings. The second kappa shape index (κ2) is 6.93. The lowest BCUT2D eigenvalue weighted by Gasteiger charge is -2.32. The summed E-state index contributed by atoms with van der Waals surface area (Å²) in [4.78, 5) is 12.4. The Morgan fingerprint density at radius 3 is 2.52 bits per heavy atom. The van der Waals surface area contributed by atoms with E-state index in [4.69, 9.17) is 11.6 Å². The predicted octanol–water partition coefficient (Wildman–Crippen LogP) is 6.09. The molecule has 0 spiro atoms. The molecule has 2 heterocycles. The van der Waals surface area contributed by atoms with Gasteiger partial charge in [-0.25, -0.2) is 4.98 Å². The van der Waals surface area contributed by atoms with Crippen molar-refractivity contribution in [3.8, 4) is 11.1 Å². The van der Waals surface area contributed by atoms with Crippen LogP contribution in [0.25, 0.3) is 21.3 Å². The number of aryl methyl sites for hydroxylation is 1. The SMILES string of the molecule is Cc1ccc(-c2csc3nc(Cl)nc(N(C)C4CCCCC4)c23)cc1. The van der Waals surface area contributed by atoms with Crippen LogP contribution in [-0.4, -0.2) is 23.1 Å². The van der Waals surface area contributed by atoms with E-state index in [1.165, 1.54) is 48.8 Å². The van der Waals surface area contributed by atoms with Gasteiger partial charge in [-0.3, -0.25) is 0 Å². The number of nitrogens with zero attached hydrogens (tertiary/aromatic N) is 3. The normalized spacial score (nSPS) is 15.6. The van der Waals surface area contributed by atoms with Gasteiger partial charge >= 0.3 is 0 Å². The highest BCUT2D eigenvalue weighted by atomic mass is 35.5. The summed E-state index contributed by atoms with van der Waals surface area (Å²) in [5.74, 6) is 0.971. The molecule has 2 aromatic heterocycles. The van der Waals surface area contributed by atoms with Gasteiger partial charge in [-0.1, -0.05) is 49.1 Å². The fourth-order valence-electron chi connectivity index (χ4n) is 3.74. The van der Waals surface area contributed by atoms with Crippen molar-refractivity contribution in [1.29, 1.82) is 0 Å². The average Bonchev–Trinajstić information content (AvgIpc) is 3.05. The van der Waals surface area contributed by atoms with Crippen molar-refractivity contribution in [3.63, 3.8) is 0 Å². The van der Waals surface area contributed by atoms with E-state index in [0.29, 0.717) is 11.3 Å². The Morgan fingerprint density at radius 2 is 1.80 bits per heavy atom. The molecule has 130 valence electrons. The molecule has 4 rings (SSSR count). The van der Waals surface area contributed by atoms with Crippen molar-refractivity contribution in [2.45, 2.75) is 45.1 Å². The molecule has 1 aliphatic carbocycles. The van der Waals surface area contributed by atoms with Gasteiger partial charge in [0, 0.05) is 24.0 Å². The highest BCUT2D eigenvalue weighted by Crippen LogP contribution is 2.40. The first-order valence-corrected chi connectivity index (χ1v) is 10.1. The van der Waals surface area contributed by atoms with E-state index in [2.05, 4.69) is 58.5 Å². The topological polar surface area (TPSA) is 29.0 Å². The molecule has 1 aliphatic rings. The number of benzene rings is 1. The first-order valence-electron chi connectivity index (χ1n) is 8.88. The van der Waals surface area contributed by atoms with E-state index < -0.39 is 0 Å². The zero-order valence-corrected chi connectivity index (χ0v) is 16.2. The molecule has 0 aliphatic heterocycles. The van der Waals surface area contributed by atoms with Crippen molar-refractivity contribution in [1.82, 2.24) is 9.97 Å². The molecule has 0 bridgehead atoms. The van der Waals surface area contributed by atoms with Gasteiger partial charge in [-0.2, -0.15) is 4.98 Å². The lowest BCUT2D eigenvalue weighted by molar-refractivity contribution is 0.426. The maximum Gasteiger partial charge on any atom is 0.225 e. The number of fused-ring (bicyclic) bond motifs is 1. The van der Waals surface area contributed by atoms with Gasteiger partial charge in [0.15, 0.2) is 0 Å². The summed E-state index contributed by atoms with van der Waals surface area (Å²) < 4.78 is 0. The smallest absolute Gasteiger partial charge is 0.225 e. The van der Waals surface area contributed by atoms with Gasteiger partial charge in [0.25, 0.3) is 0 Å². The number of hydrogen-bond donors (Lipinski definition) is 0. The van der Waals surface area contributed by atoms with Crippen molar-refractivity contribution in [3.05, 3.63) is 40.5 Å². The van der Waals surface area contributed by atoms with Crippen LogP contribution in [0.1, 0.15) is 37.7 Å². The summed E-state index contributed by atoms with van der Waals surface area (Å²) >= 11 is 7.88. The third-order valence-corrected chi connectivity index (χ3v) is 6.25. The van der Waals surface area contributed by atoms with Crippen LogP contribution < -0.4 is 4.90 Å². The van der Waals surface area contributed by atoms with Crippen LogP contribution in [0.3, 0.4) is 0 Å². The van der Waals surface area contributed by atoms with Crippen molar-refractivity contribution in [2.75, 3.05) is 11.9 Å². The van der Waals surface area contributed by atoms with Gasteiger partial charge < -0.3 is 4.90 Å². The molecule has 25 heavy (non-hydrogen) atoms.